The monoisotopic (exact) mass is 119 g/mol. The molecule has 0 aromatic carbocycles. The third-order valence-electron chi connectivity index (χ3n) is 0. The fraction of sp³-hybridized carbons (Fsp3) is 0. The van der Waals surface area contributed by atoms with E-state index in [0.29, 0.717) is 0 Å². The van der Waals surface area contributed by atoms with E-state index in [4.69, 9.17) is 3.83 Å². The normalized spacial score (nSPS) is 1.50. The van der Waals surface area contributed by atoms with Gasteiger partial charge in [0.15, 0.2) is 0 Å². The molecule has 4 heteroatoms. The van der Waals surface area contributed by atoms with Crippen LogP contribution in [0.3, 0.4) is 0 Å². The molecular weight excluding hydrogens is 119 g/mol. The first-order chi connectivity index (χ1) is 1.00. The zero-order valence-corrected chi connectivity index (χ0v) is 5.10. The van der Waals surface area contributed by atoms with Crippen molar-refractivity contribution < 1.29 is 54.8 Å². The second-order valence-corrected chi connectivity index (χ2v) is 0. The zero-order valence-electron chi connectivity index (χ0n) is 2.16. The summed E-state index contributed by atoms with van der Waals surface area (Å²) in [5.74, 6) is 0. The van der Waals surface area contributed by atoms with Crippen molar-refractivity contribution in [2.45, 2.75) is 0 Å². The van der Waals surface area contributed by atoms with Gasteiger partial charge < -0.3 is 5.48 Å². The topological polar surface area (TPSA) is 47.1 Å². The van der Waals surface area contributed by atoms with Gasteiger partial charge in [0, 0.05) is 0 Å². The fourth-order valence-electron chi connectivity index (χ4n) is 0. The van der Waals surface area contributed by atoms with Gasteiger partial charge in [0.1, 0.15) is 0 Å². The van der Waals surface area contributed by atoms with E-state index in [0.717, 1.165) is 0 Å². The van der Waals surface area contributed by atoms with Crippen molar-refractivity contribution in [2.24, 2.45) is 0 Å². The molecule has 0 aromatic rings. The number of rotatable bonds is 0. The van der Waals surface area contributed by atoms with E-state index in [1.807, 2.05) is 0 Å². The second-order valence-electron chi connectivity index (χ2n) is 0. The first kappa shape index (κ1) is 18.6. The van der Waals surface area contributed by atoms with Crippen LogP contribution in [0.25, 0.3) is 0 Å². The molecule has 0 aromatic heterocycles. The van der Waals surface area contributed by atoms with E-state index in [2.05, 4.69) is 15.9 Å². The third kappa shape index (κ3) is 10.4. The number of hydrogen-bond acceptors (Lipinski definition) is 2. The SMILES string of the molecule is [Na+].[OH-].[O]=[Cu]. The molecule has 0 saturated heterocycles. The minimum absolute atomic E-state index is 0. The summed E-state index contributed by atoms with van der Waals surface area (Å²) in [4.78, 5) is 0. The fourth-order valence-corrected chi connectivity index (χ4v) is 0. The van der Waals surface area contributed by atoms with Crippen LogP contribution in [0, 0.1) is 0 Å². The average molecular weight is 120 g/mol. The molecule has 0 aliphatic carbocycles. The molecule has 0 aliphatic rings. The predicted molar refractivity (Wildman–Crippen MR) is 2.62 cm³/mol. The van der Waals surface area contributed by atoms with Gasteiger partial charge in [-0.25, -0.2) is 0 Å². The molecule has 1 N–H and O–H groups in total. The summed E-state index contributed by atoms with van der Waals surface area (Å²) in [5.41, 5.74) is 0. The molecule has 0 rings (SSSR count). The van der Waals surface area contributed by atoms with Crippen molar-refractivity contribution in [1.82, 2.24) is 0 Å². The molecule has 0 spiro atoms. The molecular formula is HCuNaO2. The Labute approximate surface area is 54.6 Å². The van der Waals surface area contributed by atoms with Gasteiger partial charge in [-0.3, -0.25) is 0 Å². The summed E-state index contributed by atoms with van der Waals surface area (Å²) in [7, 11) is 0. The Bertz CT molecular complexity index is 6.00. The molecule has 0 unspecified atom stereocenters. The van der Waals surface area contributed by atoms with Crippen molar-refractivity contribution in [3.05, 3.63) is 0 Å². The van der Waals surface area contributed by atoms with E-state index in [1.165, 1.54) is 0 Å². The molecule has 0 aliphatic heterocycles. The van der Waals surface area contributed by atoms with E-state index >= 15 is 0 Å². The minimum atomic E-state index is 0. The second kappa shape index (κ2) is 28.1. The van der Waals surface area contributed by atoms with Crippen LogP contribution in [-0.2, 0) is 19.8 Å². The Morgan fingerprint density at radius 1 is 1.25 bits per heavy atom. The molecule has 0 atom stereocenters. The van der Waals surface area contributed by atoms with Gasteiger partial charge in [0.05, 0.1) is 0 Å². The summed E-state index contributed by atoms with van der Waals surface area (Å²) in [6, 6.07) is 0. The van der Waals surface area contributed by atoms with Crippen LogP contribution >= 0.6 is 0 Å². The van der Waals surface area contributed by atoms with Crippen LogP contribution < -0.4 is 29.6 Å². The van der Waals surface area contributed by atoms with E-state index in [1.54, 1.807) is 0 Å². The molecule has 0 heterocycles. The van der Waals surface area contributed by atoms with Crippen LogP contribution in [0.2, 0.25) is 0 Å². The van der Waals surface area contributed by atoms with Gasteiger partial charge >= 0.3 is 49.3 Å². The van der Waals surface area contributed by atoms with E-state index in [-0.39, 0.29) is 35.0 Å². The van der Waals surface area contributed by atoms with Crippen LogP contribution in [0.5, 0.6) is 0 Å². The van der Waals surface area contributed by atoms with Gasteiger partial charge in [0.2, 0.25) is 0 Å². The van der Waals surface area contributed by atoms with Crippen LogP contribution in [0.1, 0.15) is 0 Å². The van der Waals surface area contributed by atoms with E-state index in [9.17, 15) is 0 Å². The summed E-state index contributed by atoms with van der Waals surface area (Å²) < 4.78 is 7.81. The maximum absolute atomic E-state index is 7.81. The quantitative estimate of drug-likeness (QED) is 0.314. The molecule has 0 fully saturated rings. The molecule has 0 bridgehead atoms. The first-order valence-electron chi connectivity index (χ1n) is 0.123. The molecule has 0 saturated carbocycles. The Morgan fingerprint density at radius 3 is 1.25 bits per heavy atom. The Kier molecular flexibility index (Phi) is 131. The van der Waals surface area contributed by atoms with Crippen LogP contribution in [0.15, 0.2) is 0 Å². The van der Waals surface area contributed by atoms with Crippen molar-refractivity contribution >= 4 is 0 Å². The molecule has 0 radical (unpaired) electrons. The van der Waals surface area contributed by atoms with Gasteiger partial charge in [-0.05, 0) is 0 Å². The standard InChI is InChI=1S/Cu.Na.H2O.O/h;;1H2;/q;+1;;/p-1. The van der Waals surface area contributed by atoms with Crippen LogP contribution in [-0.4, -0.2) is 5.48 Å². The van der Waals surface area contributed by atoms with Gasteiger partial charge in [-0.2, -0.15) is 0 Å². The summed E-state index contributed by atoms with van der Waals surface area (Å²) >= 11 is 2.94. The third-order valence-corrected chi connectivity index (χ3v) is 0. The summed E-state index contributed by atoms with van der Waals surface area (Å²) in [5, 5.41) is 0. The Balaban J connectivity index is -0.00000000500. The molecule has 2 nitrogen and oxygen atoms in total. The Hall–Kier alpha value is 1.28. The summed E-state index contributed by atoms with van der Waals surface area (Å²) in [6.07, 6.45) is 0. The van der Waals surface area contributed by atoms with E-state index < -0.39 is 0 Å². The molecule has 4 heavy (non-hydrogen) atoms. The van der Waals surface area contributed by atoms with Crippen molar-refractivity contribution in [2.75, 3.05) is 0 Å². The van der Waals surface area contributed by atoms with Crippen molar-refractivity contribution in [3.8, 4) is 0 Å². The first-order valence-corrected chi connectivity index (χ1v) is 0.508. The maximum atomic E-state index is 7.81. The average Bonchev–Trinajstić information content (AvgIpc) is 1.00. The molecule has 25 valence electrons. The van der Waals surface area contributed by atoms with Gasteiger partial charge in [-0.15, -0.1) is 0 Å². The van der Waals surface area contributed by atoms with Crippen molar-refractivity contribution in [3.63, 3.8) is 0 Å². The van der Waals surface area contributed by atoms with Crippen LogP contribution in [0.4, 0.5) is 0 Å². The van der Waals surface area contributed by atoms with Gasteiger partial charge in [0.25, 0.3) is 0 Å². The zero-order chi connectivity index (χ0) is 2.00. The predicted octanol–water partition coefficient (Wildman–Crippen LogP) is -3.29. The molecule has 0 amide bonds. The number of hydrogen-bond donors (Lipinski definition) is 0. The van der Waals surface area contributed by atoms with Crippen molar-refractivity contribution in [1.29, 1.82) is 0 Å². The Morgan fingerprint density at radius 2 is 1.25 bits per heavy atom. The summed E-state index contributed by atoms with van der Waals surface area (Å²) in [6.45, 7) is 0. The van der Waals surface area contributed by atoms with Gasteiger partial charge in [-0.1, -0.05) is 0 Å².